The average molecular weight is 389 g/mol. The number of carbonyl (C=O) groups is 1. The Hall–Kier alpha value is -3.25. The van der Waals surface area contributed by atoms with Gasteiger partial charge in [-0.3, -0.25) is 4.79 Å². The largest absolute Gasteiger partial charge is 0.436 e. The Kier molecular flexibility index (Phi) is 5.04. The number of amides is 1. The highest BCUT2D eigenvalue weighted by Crippen LogP contribution is 2.34. The topological polar surface area (TPSA) is 68.0 Å². The first-order valence-electron chi connectivity index (χ1n) is 8.92. The molecule has 0 fully saturated rings. The summed E-state index contributed by atoms with van der Waals surface area (Å²) in [4.78, 5) is 21.3. The normalized spacial score (nSPS) is 11.0. The predicted molar refractivity (Wildman–Crippen MR) is 110 cm³/mol. The molecule has 0 radical (unpaired) electrons. The molecule has 1 N–H and O–H groups in total. The minimum atomic E-state index is -0.342. The van der Waals surface area contributed by atoms with E-state index in [4.69, 9.17) is 4.42 Å². The van der Waals surface area contributed by atoms with Gasteiger partial charge in [-0.05, 0) is 18.1 Å². The Morgan fingerprint density at radius 1 is 0.964 bits per heavy atom. The third-order valence-corrected chi connectivity index (χ3v) is 5.30. The fraction of sp³-hybridized carbons (Fsp3) is 0.136. The lowest BCUT2D eigenvalue weighted by Crippen LogP contribution is -2.13. The average Bonchev–Trinajstić information content (AvgIpc) is 3.29. The molecular formula is C22H19N3O2S. The van der Waals surface area contributed by atoms with Gasteiger partial charge in [-0.25, -0.2) is 9.97 Å². The van der Waals surface area contributed by atoms with Crippen LogP contribution in [0, 0.1) is 13.8 Å². The van der Waals surface area contributed by atoms with Crippen molar-refractivity contribution in [3.63, 3.8) is 0 Å². The summed E-state index contributed by atoms with van der Waals surface area (Å²) < 4.78 is 5.39. The number of aromatic nitrogens is 2. The van der Waals surface area contributed by atoms with Crippen molar-refractivity contribution in [1.82, 2.24) is 9.97 Å². The highest BCUT2D eigenvalue weighted by Gasteiger charge is 2.22. The molecule has 4 rings (SSSR count). The second-order valence-corrected chi connectivity index (χ2v) is 7.32. The molecule has 0 saturated heterocycles. The fourth-order valence-electron chi connectivity index (χ4n) is 3.16. The van der Waals surface area contributed by atoms with Crippen LogP contribution in [0.1, 0.15) is 44.2 Å². The Morgan fingerprint density at radius 2 is 1.57 bits per heavy atom. The molecule has 0 unspecified atom stereocenters. The molecule has 0 aliphatic carbocycles. The Balaban J connectivity index is 1.64. The first-order valence-corrected chi connectivity index (χ1v) is 9.80. The molecule has 0 atom stereocenters. The van der Waals surface area contributed by atoms with Crippen molar-refractivity contribution in [3.05, 3.63) is 99.5 Å². The van der Waals surface area contributed by atoms with Crippen molar-refractivity contribution >= 4 is 23.1 Å². The number of carbonyl (C=O) groups excluding carboxylic acids is 1. The number of nitrogens with one attached hydrogen (secondary N) is 1. The first-order chi connectivity index (χ1) is 13.6. The van der Waals surface area contributed by atoms with Crippen LogP contribution < -0.4 is 5.32 Å². The van der Waals surface area contributed by atoms with Gasteiger partial charge in [0.2, 0.25) is 5.76 Å². The van der Waals surface area contributed by atoms with Crippen molar-refractivity contribution in [1.29, 1.82) is 0 Å². The first kappa shape index (κ1) is 18.1. The molecule has 0 aliphatic heterocycles. The zero-order chi connectivity index (χ0) is 19.5. The highest BCUT2D eigenvalue weighted by atomic mass is 32.1. The summed E-state index contributed by atoms with van der Waals surface area (Å²) in [6, 6.07) is 20.5. The molecule has 0 bridgehead atoms. The molecule has 0 aliphatic rings. The zero-order valence-electron chi connectivity index (χ0n) is 15.5. The molecular weight excluding hydrogens is 370 g/mol. The van der Waals surface area contributed by atoms with Crippen LogP contribution in [-0.2, 0) is 0 Å². The second-order valence-electron chi connectivity index (χ2n) is 6.43. The van der Waals surface area contributed by atoms with Gasteiger partial charge in [0.1, 0.15) is 10.8 Å². The van der Waals surface area contributed by atoms with E-state index in [0.29, 0.717) is 17.4 Å². The molecule has 2 aromatic heterocycles. The van der Waals surface area contributed by atoms with Crippen LogP contribution in [-0.4, -0.2) is 15.9 Å². The van der Waals surface area contributed by atoms with Gasteiger partial charge in [-0.2, -0.15) is 0 Å². The minimum Gasteiger partial charge on any atom is -0.436 e. The number of nitrogens with zero attached hydrogens (tertiary/aromatic N) is 2. The maximum atomic E-state index is 12.5. The summed E-state index contributed by atoms with van der Waals surface area (Å²) in [5.41, 5.74) is 2.88. The third-order valence-electron chi connectivity index (χ3n) is 4.39. The number of oxazole rings is 1. The fourth-order valence-corrected chi connectivity index (χ4v) is 4.06. The van der Waals surface area contributed by atoms with E-state index in [1.165, 1.54) is 11.3 Å². The van der Waals surface area contributed by atoms with E-state index in [9.17, 15) is 4.79 Å². The quantitative estimate of drug-likeness (QED) is 0.511. The minimum absolute atomic E-state index is 0.00677. The smallest absolute Gasteiger partial charge is 0.294 e. The molecule has 0 saturated carbocycles. The zero-order valence-corrected chi connectivity index (χ0v) is 16.4. The summed E-state index contributed by atoms with van der Waals surface area (Å²) in [5, 5.41) is 5.58. The summed E-state index contributed by atoms with van der Waals surface area (Å²) in [6.07, 6.45) is 0. The van der Waals surface area contributed by atoms with Crippen LogP contribution in [0.2, 0.25) is 0 Å². The Labute approximate surface area is 167 Å². The number of hydrogen-bond donors (Lipinski definition) is 1. The van der Waals surface area contributed by atoms with E-state index < -0.39 is 0 Å². The molecule has 28 heavy (non-hydrogen) atoms. The summed E-state index contributed by atoms with van der Waals surface area (Å²) in [7, 11) is 0. The lowest BCUT2D eigenvalue weighted by Gasteiger charge is -2.15. The van der Waals surface area contributed by atoms with Gasteiger partial charge < -0.3 is 9.73 Å². The Morgan fingerprint density at radius 3 is 2.11 bits per heavy atom. The van der Waals surface area contributed by atoms with Crippen molar-refractivity contribution in [3.8, 4) is 0 Å². The van der Waals surface area contributed by atoms with Gasteiger partial charge in [-0.1, -0.05) is 60.7 Å². The van der Waals surface area contributed by atoms with Gasteiger partial charge in [0.15, 0.2) is 5.89 Å². The van der Waals surface area contributed by atoms with E-state index in [2.05, 4.69) is 39.6 Å². The lowest BCUT2D eigenvalue weighted by molar-refractivity contribution is 0.0994. The van der Waals surface area contributed by atoms with Gasteiger partial charge in [0.25, 0.3) is 5.91 Å². The van der Waals surface area contributed by atoms with Crippen LogP contribution in [0.25, 0.3) is 0 Å². The van der Waals surface area contributed by atoms with Gasteiger partial charge >= 0.3 is 0 Å². The summed E-state index contributed by atoms with van der Waals surface area (Å²) >= 11 is 1.52. The standard InChI is InChI=1S/C22H19N3O2S/c1-14-20(27-15(2)23-14)21(26)24-18-13-28-22(25-18)19(16-9-5-3-6-10-16)17-11-7-4-8-12-17/h3-13,19H,1-2H3,(H,24,26). The Bertz CT molecular complexity index is 1050. The number of thiazole rings is 1. The van der Waals surface area contributed by atoms with Gasteiger partial charge in [0, 0.05) is 12.3 Å². The molecule has 2 aromatic carbocycles. The highest BCUT2D eigenvalue weighted by molar-refractivity contribution is 7.10. The lowest BCUT2D eigenvalue weighted by atomic mass is 9.92. The van der Waals surface area contributed by atoms with E-state index in [1.807, 2.05) is 41.8 Å². The molecule has 1 amide bonds. The maximum Gasteiger partial charge on any atom is 0.294 e. The van der Waals surface area contributed by atoms with E-state index in [1.54, 1.807) is 13.8 Å². The van der Waals surface area contributed by atoms with E-state index in [-0.39, 0.29) is 17.6 Å². The maximum absolute atomic E-state index is 12.5. The van der Waals surface area contributed by atoms with Crippen molar-refractivity contribution in [2.24, 2.45) is 0 Å². The molecule has 4 aromatic rings. The summed E-state index contributed by atoms with van der Waals surface area (Å²) in [5.74, 6) is 0.859. The van der Waals surface area contributed by atoms with Crippen LogP contribution in [0.4, 0.5) is 5.82 Å². The van der Waals surface area contributed by atoms with Crippen LogP contribution in [0.5, 0.6) is 0 Å². The number of aryl methyl sites for hydroxylation is 2. The summed E-state index contributed by atoms with van der Waals surface area (Å²) in [6.45, 7) is 3.47. The van der Waals surface area contributed by atoms with Crippen molar-refractivity contribution < 1.29 is 9.21 Å². The molecule has 140 valence electrons. The van der Waals surface area contributed by atoms with Crippen LogP contribution in [0.15, 0.2) is 70.5 Å². The van der Waals surface area contributed by atoms with E-state index in [0.717, 1.165) is 16.1 Å². The number of anilines is 1. The van der Waals surface area contributed by atoms with Gasteiger partial charge in [-0.15, -0.1) is 11.3 Å². The van der Waals surface area contributed by atoms with E-state index >= 15 is 0 Å². The number of rotatable bonds is 5. The number of hydrogen-bond acceptors (Lipinski definition) is 5. The SMILES string of the molecule is Cc1nc(C)c(C(=O)Nc2csc(C(c3ccccc3)c3ccccc3)n2)o1. The second kappa shape index (κ2) is 7.78. The number of benzene rings is 2. The molecule has 2 heterocycles. The van der Waals surface area contributed by atoms with Crippen molar-refractivity contribution in [2.75, 3.05) is 5.32 Å². The predicted octanol–water partition coefficient (Wildman–Crippen LogP) is 5.18. The van der Waals surface area contributed by atoms with Crippen LogP contribution >= 0.6 is 11.3 Å². The monoisotopic (exact) mass is 389 g/mol. The van der Waals surface area contributed by atoms with Crippen molar-refractivity contribution in [2.45, 2.75) is 19.8 Å². The third kappa shape index (κ3) is 3.73. The molecule has 5 nitrogen and oxygen atoms in total. The van der Waals surface area contributed by atoms with Crippen LogP contribution in [0.3, 0.4) is 0 Å². The molecule has 6 heteroatoms. The van der Waals surface area contributed by atoms with Gasteiger partial charge in [0.05, 0.1) is 11.6 Å². The molecule has 0 spiro atoms.